The van der Waals surface area contributed by atoms with Crippen molar-refractivity contribution in [2.24, 2.45) is 0 Å². The molecule has 2 rings (SSSR count). The number of aryl methyl sites for hydroxylation is 1. The van der Waals surface area contributed by atoms with Crippen LogP contribution in [0.3, 0.4) is 0 Å². The third-order valence-electron chi connectivity index (χ3n) is 2.90. The molecule has 2 aromatic rings. The fraction of sp³-hybridized carbons (Fsp3) is 0.286. The summed E-state index contributed by atoms with van der Waals surface area (Å²) < 4.78 is 1.04. The van der Waals surface area contributed by atoms with Crippen molar-refractivity contribution in [3.05, 3.63) is 55.7 Å². The van der Waals surface area contributed by atoms with E-state index >= 15 is 0 Å². The summed E-state index contributed by atoms with van der Waals surface area (Å²) in [5, 5.41) is 10.4. The summed E-state index contributed by atoms with van der Waals surface area (Å²) in [4.78, 5) is 2.33. The van der Waals surface area contributed by atoms with Crippen LogP contribution >= 0.6 is 27.3 Å². The summed E-state index contributed by atoms with van der Waals surface area (Å²) in [6.07, 6.45) is 0.507. The van der Waals surface area contributed by atoms with Crippen molar-refractivity contribution in [2.75, 3.05) is 0 Å². The Morgan fingerprint density at radius 2 is 2.06 bits per heavy atom. The van der Waals surface area contributed by atoms with Gasteiger partial charge in [-0.25, -0.2) is 0 Å². The second-order valence-electron chi connectivity index (χ2n) is 4.01. The smallest absolute Gasteiger partial charge is 0.113 e. The molecule has 90 valence electrons. The topological polar surface area (TPSA) is 20.2 Å². The van der Waals surface area contributed by atoms with Crippen LogP contribution in [0.1, 0.15) is 33.9 Å². The molecule has 0 spiro atoms. The SMILES string of the molecule is CCc1ccc(C(O)c2cccc(Br)c2C)s1. The van der Waals surface area contributed by atoms with E-state index in [2.05, 4.69) is 28.9 Å². The normalized spacial score (nSPS) is 12.7. The summed E-state index contributed by atoms with van der Waals surface area (Å²) in [6, 6.07) is 10.1. The van der Waals surface area contributed by atoms with Crippen molar-refractivity contribution in [2.45, 2.75) is 26.4 Å². The van der Waals surface area contributed by atoms with Crippen LogP contribution in [0, 0.1) is 6.92 Å². The Bertz CT molecular complexity index is 519. The van der Waals surface area contributed by atoms with E-state index in [-0.39, 0.29) is 0 Å². The lowest BCUT2D eigenvalue weighted by Gasteiger charge is -2.13. The average Bonchev–Trinajstić information content (AvgIpc) is 2.80. The summed E-state index contributed by atoms with van der Waals surface area (Å²) >= 11 is 5.18. The number of hydrogen-bond donors (Lipinski definition) is 1. The summed E-state index contributed by atoms with van der Waals surface area (Å²) in [5.41, 5.74) is 2.08. The highest BCUT2D eigenvalue weighted by Crippen LogP contribution is 2.32. The van der Waals surface area contributed by atoms with E-state index in [9.17, 15) is 5.11 Å². The van der Waals surface area contributed by atoms with Crippen LogP contribution in [0.2, 0.25) is 0 Å². The summed E-state index contributed by atoms with van der Waals surface area (Å²) in [5.74, 6) is 0. The number of rotatable bonds is 3. The van der Waals surface area contributed by atoms with Crippen molar-refractivity contribution in [1.82, 2.24) is 0 Å². The van der Waals surface area contributed by atoms with E-state index in [4.69, 9.17) is 0 Å². The minimum absolute atomic E-state index is 0.516. The quantitative estimate of drug-likeness (QED) is 0.887. The van der Waals surface area contributed by atoms with Crippen LogP contribution in [0.5, 0.6) is 0 Å². The first-order valence-corrected chi connectivity index (χ1v) is 7.26. The van der Waals surface area contributed by atoms with Crippen LogP contribution in [0.4, 0.5) is 0 Å². The predicted molar refractivity (Wildman–Crippen MR) is 76.6 cm³/mol. The molecule has 1 aromatic heterocycles. The van der Waals surface area contributed by atoms with E-state index in [0.29, 0.717) is 0 Å². The van der Waals surface area contributed by atoms with Crippen molar-refractivity contribution in [1.29, 1.82) is 0 Å². The van der Waals surface area contributed by atoms with Gasteiger partial charge in [-0.2, -0.15) is 0 Å². The molecule has 1 N–H and O–H groups in total. The van der Waals surface area contributed by atoms with Gasteiger partial charge < -0.3 is 5.11 Å². The molecular formula is C14H15BrOS. The van der Waals surface area contributed by atoms with E-state index in [1.54, 1.807) is 11.3 Å². The van der Waals surface area contributed by atoms with Crippen molar-refractivity contribution in [3.8, 4) is 0 Å². The lowest BCUT2D eigenvalue weighted by atomic mass is 10.0. The largest absolute Gasteiger partial charge is 0.383 e. The lowest BCUT2D eigenvalue weighted by Crippen LogP contribution is -2.00. The monoisotopic (exact) mass is 310 g/mol. The number of aliphatic hydroxyl groups is 1. The van der Waals surface area contributed by atoms with E-state index < -0.39 is 6.10 Å². The molecule has 0 saturated heterocycles. The Labute approximate surface area is 114 Å². The van der Waals surface area contributed by atoms with Crippen LogP contribution in [-0.2, 0) is 6.42 Å². The maximum absolute atomic E-state index is 10.4. The maximum atomic E-state index is 10.4. The Hall–Kier alpha value is -0.640. The zero-order valence-corrected chi connectivity index (χ0v) is 12.3. The zero-order valence-electron chi connectivity index (χ0n) is 9.90. The van der Waals surface area contributed by atoms with E-state index in [1.807, 2.05) is 31.2 Å². The fourth-order valence-electron chi connectivity index (χ4n) is 1.81. The highest BCUT2D eigenvalue weighted by molar-refractivity contribution is 9.10. The molecule has 0 aliphatic heterocycles. The number of hydrogen-bond acceptors (Lipinski definition) is 2. The van der Waals surface area contributed by atoms with Gasteiger partial charge >= 0.3 is 0 Å². The van der Waals surface area contributed by atoms with Crippen molar-refractivity contribution < 1.29 is 5.11 Å². The highest BCUT2D eigenvalue weighted by Gasteiger charge is 2.15. The molecule has 0 amide bonds. The number of benzene rings is 1. The van der Waals surface area contributed by atoms with E-state index in [1.165, 1.54) is 4.88 Å². The number of aliphatic hydroxyl groups excluding tert-OH is 1. The van der Waals surface area contributed by atoms with Gasteiger partial charge in [0, 0.05) is 14.2 Å². The minimum atomic E-state index is -0.516. The molecule has 0 radical (unpaired) electrons. The van der Waals surface area contributed by atoms with Crippen molar-refractivity contribution in [3.63, 3.8) is 0 Å². The molecule has 0 aliphatic rings. The maximum Gasteiger partial charge on any atom is 0.113 e. The molecule has 1 unspecified atom stereocenters. The molecule has 0 saturated carbocycles. The van der Waals surface area contributed by atoms with Gasteiger partial charge in [0.05, 0.1) is 0 Å². The highest BCUT2D eigenvalue weighted by atomic mass is 79.9. The molecule has 3 heteroatoms. The Kier molecular flexibility index (Phi) is 4.02. The van der Waals surface area contributed by atoms with E-state index in [0.717, 1.165) is 26.9 Å². The second kappa shape index (κ2) is 5.34. The first kappa shape index (κ1) is 12.8. The number of halogens is 1. The van der Waals surface area contributed by atoms with Gasteiger partial charge in [-0.15, -0.1) is 11.3 Å². The first-order chi connectivity index (χ1) is 8.13. The summed E-state index contributed by atoms with van der Waals surface area (Å²) in [6.45, 7) is 4.16. The molecule has 0 bridgehead atoms. The molecular weight excluding hydrogens is 296 g/mol. The zero-order chi connectivity index (χ0) is 12.4. The molecule has 17 heavy (non-hydrogen) atoms. The molecule has 1 nitrogen and oxygen atoms in total. The Balaban J connectivity index is 2.36. The van der Waals surface area contributed by atoms with Gasteiger partial charge in [0.25, 0.3) is 0 Å². The molecule has 1 atom stereocenters. The lowest BCUT2D eigenvalue weighted by molar-refractivity contribution is 0.223. The molecule has 0 aliphatic carbocycles. The third-order valence-corrected chi connectivity index (χ3v) is 5.05. The fourth-order valence-corrected chi connectivity index (χ4v) is 3.14. The standard InChI is InChI=1S/C14H15BrOS/c1-3-10-7-8-13(17-10)14(16)11-5-4-6-12(15)9(11)2/h4-8,14,16H,3H2,1-2H3. The predicted octanol–water partition coefficient (Wildman–Crippen LogP) is 4.46. The molecule has 1 heterocycles. The Morgan fingerprint density at radius 3 is 2.71 bits per heavy atom. The molecule has 1 aromatic carbocycles. The van der Waals surface area contributed by atoms with Crippen LogP contribution in [-0.4, -0.2) is 5.11 Å². The van der Waals surface area contributed by atoms with Gasteiger partial charge in [-0.3, -0.25) is 0 Å². The van der Waals surface area contributed by atoms with Crippen molar-refractivity contribution >= 4 is 27.3 Å². The third kappa shape index (κ3) is 2.62. The number of thiophene rings is 1. The average molecular weight is 311 g/mol. The van der Waals surface area contributed by atoms with Gasteiger partial charge in [0.1, 0.15) is 6.10 Å². The summed E-state index contributed by atoms with van der Waals surface area (Å²) in [7, 11) is 0. The second-order valence-corrected chi connectivity index (χ2v) is 6.07. The van der Waals surface area contributed by atoms with Gasteiger partial charge in [0.2, 0.25) is 0 Å². The van der Waals surface area contributed by atoms with Crippen LogP contribution < -0.4 is 0 Å². The first-order valence-electron chi connectivity index (χ1n) is 5.65. The van der Waals surface area contributed by atoms with Gasteiger partial charge in [-0.05, 0) is 42.7 Å². The minimum Gasteiger partial charge on any atom is -0.383 e. The van der Waals surface area contributed by atoms with Gasteiger partial charge in [-0.1, -0.05) is 35.0 Å². The Morgan fingerprint density at radius 1 is 1.29 bits per heavy atom. The van der Waals surface area contributed by atoms with Crippen LogP contribution in [0.15, 0.2) is 34.8 Å². The van der Waals surface area contributed by atoms with Crippen LogP contribution in [0.25, 0.3) is 0 Å². The molecule has 0 fully saturated rings. The van der Waals surface area contributed by atoms with Gasteiger partial charge in [0.15, 0.2) is 0 Å².